The molecule has 2 rings (SSSR count). The lowest BCUT2D eigenvalue weighted by molar-refractivity contribution is -0.120. The maximum Gasteiger partial charge on any atom is 0.253 e. The fourth-order valence-corrected chi connectivity index (χ4v) is 2.36. The summed E-state index contributed by atoms with van der Waals surface area (Å²) >= 11 is 0. The average molecular weight is 318 g/mol. The second kappa shape index (κ2) is 7.09. The predicted molar refractivity (Wildman–Crippen MR) is 85.0 cm³/mol. The van der Waals surface area contributed by atoms with E-state index >= 15 is 0 Å². The molecular weight excluding hydrogens is 299 g/mol. The Balaban J connectivity index is 2.01. The number of hydrogen-bond donors (Lipinski definition) is 2. The highest BCUT2D eigenvalue weighted by Crippen LogP contribution is 2.17. The fourth-order valence-electron chi connectivity index (χ4n) is 2.36. The Hall–Kier alpha value is -2.63. The highest BCUT2D eigenvalue weighted by Gasteiger charge is 2.10. The Morgan fingerprint density at radius 3 is 2.65 bits per heavy atom. The molecule has 0 bridgehead atoms. The van der Waals surface area contributed by atoms with Gasteiger partial charge in [0, 0.05) is 17.8 Å². The minimum Gasteiger partial charge on any atom is -0.494 e. The Morgan fingerprint density at radius 2 is 2.04 bits per heavy atom. The van der Waals surface area contributed by atoms with E-state index in [1.807, 2.05) is 13.0 Å². The van der Waals surface area contributed by atoms with Crippen LogP contribution in [0.2, 0.25) is 0 Å². The van der Waals surface area contributed by atoms with Crippen molar-refractivity contribution in [2.24, 2.45) is 0 Å². The molecule has 1 aromatic heterocycles. The van der Waals surface area contributed by atoms with Crippen LogP contribution >= 0.6 is 0 Å². The van der Waals surface area contributed by atoms with Gasteiger partial charge in [-0.15, -0.1) is 0 Å². The lowest BCUT2D eigenvalue weighted by atomic mass is 10.1. The maximum atomic E-state index is 13.6. The number of carbonyl (C=O) groups excluding carboxylic acids is 1. The average Bonchev–Trinajstić information content (AvgIpc) is 2.46. The number of benzene rings is 1. The number of ether oxygens (including phenoxy) is 1. The molecule has 1 heterocycles. The summed E-state index contributed by atoms with van der Waals surface area (Å²) in [6.07, 6.45) is 0.0315. The molecule has 1 amide bonds. The Labute approximate surface area is 133 Å². The van der Waals surface area contributed by atoms with Gasteiger partial charge in [0.1, 0.15) is 0 Å². The van der Waals surface area contributed by atoms with E-state index < -0.39 is 5.82 Å². The molecule has 6 heteroatoms. The van der Waals surface area contributed by atoms with E-state index in [1.165, 1.54) is 19.2 Å². The highest BCUT2D eigenvalue weighted by atomic mass is 19.1. The van der Waals surface area contributed by atoms with Crippen molar-refractivity contribution in [2.75, 3.05) is 7.11 Å². The molecule has 23 heavy (non-hydrogen) atoms. The minimum atomic E-state index is -0.511. The minimum absolute atomic E-state index is 0.0315. The summed E-state index contributed by atoms with van der Waals surface area (Å²) in [5.41, 5.74) is 2.44. The first-order valence-electron chi connectivity index (χ1n) is 7.19. The summed E-state index contributed by atoms with van der Waals surface area (Å²) in [4.78, 5) is 26.5. The number of amides is 1. The van der Waals surface area contributed by atoms with Gasteiger partial charge in [0.05, 0.1) is 13.5 Å². The van der Waals surface area contributed by atoms with Crippen molar-refractivity contribution in [1.82, 2.24) is 10.3 Å². The number of rotatable bonds is 5. The summed E-state index contributed by atoms with van der Waals surface area (Å²) in [5, 5.41) is 2.68. The molecule has 0 saturated carbocycles. The normalized spacial score (nSPS) is 10.4. The van der Waals surface area contributed by atoms with Gasteiger partial charge in [-0.05, 0) is 43.2 Å². The van der Waals surface area contributed by atoms with Crippen LogP contribution < -0.4 is 15.6 Å². The van der Waals surface area contributed by atoms with Crippen LogP contribution in [0.5, 0.6) is 5.75 Å². The molecule has 0 aliphatic heterocycles. The number of aromatic nitrogens is 1. The topological polar surface area (TPSA) is 71.2 Å². The molecule has 0 aliphatic carbocycles. The highest BCUT2D eigenvalue weighted by molar-refractivity contribution is 5.78. The fraction of sp³-hybridized carbons (Fsp3) is 0.294. The van der Waals surface area contributed by atoms with Crippen LogP contribution in [0.4, 0.5) is 4.39 Å². The quantitative estimate of drug-likeness (QED) is 0.886. The first-order chi connectivity index (χ1) is 10.9. The molecule has 0 atom stereocenters. The number of pyridine rings is 1. The van der Waals surface area contributed by atoms with Gasteiger partial charge < -0.3 is 15.0 Å². The lowest BCUT2D eigenvalue weighted by Gasteiger charge is -2.09. The molecule has 1 aromatic carbocycles. The molecular formula is C17H19FN2O3. The van der Waals surface area contributed by atoms with E-state index in [4.69, 9.17) is 4.74 Å². The van der Waals surface area contributed by atoms with Gasteiger partial charge in [-0.3, -0.25) is 9.59 Å². The molecule has 0 spiro atoms. The summed E-state index contributed by atoms with van der Waals surface area (Å²) in [7, 11) is 1.38. The number of aromatic amines is 1. The van der Waals surface area contributed by atoms with Crippen LogP contribution in [0.1, 0.15) is 22.4 Å². The number of halogens is 1. The number of aryl methyl sites for hydroxylation is 2. The van der Waals surface area contributed by atoms with Gasteiger partial charge >= 0.3 is 0 Å². The van der Waals surface area contributed by atoms with Crippen LogP contribution in [-0.4, -0.2) is 18.0 Å². The van der Waals surface area contributed by atoms with E-state index in [1.54, 1.807) is 13.0 Å². The van der Waals surface area contributed by atoms with Crippen LogP contribution in [0.15, 0.2) is 29.1 Å². The Kier molecular flexibility index (Phi) is 5.16. The molecule has 0 saturated heterocycles. The maximum absolute atomic E-state index is 13.6. The van der Waals surface area contributed by atoms with Crippen molar-refractivity contribution in [3.05, 3.63) is 62.8 Å². The number of methoxy groups -OCH3 is 1. The van der Waals surface area contributed by atoms with Gasteiger partial charge in [0.2, 0.25) is 5.91 Å². The van der Waals surface area contributed by atoms with Crippen molar-refractivity contribution >= 4 is 5.91 Å². The van der Waals surface area contributed by atoms with E-state index in [2.05, 4.69) is 10.3 Å². The number of H-pyrrole nitrogens is 1. The van der Waals surface area contributed by atoms with Crippen molar-refractivity contribution in [2.45, 2.75) is 26.8 Å². The molecule has 5 nitrogen and oxygen atoms in total. The number of nitrogens with one attached hydrogen (secondary N) is 2. The largest absolute Gasteiger partial charge is 0.494 e. The van der Waals surface area contributed by atoms with Crippen molar-refractivity contribution in [3.63, 3.8) is 0 Å². The summed E-state index contributed by atoms with van der Waals surface area (Å²) in [6.45, 7) is 3.76. The van der Waals surface area contributed by atoms with Gasteiger partial charge in [0.15, 0.2) is 11.6 Å². The summed E-state index contributed by atoms with van der Waals surface area (Å²) in [5.74, 6) is -0.659. The number of carbonyl (C=O) groups is 1. The molecule has 2 N–H and O–H groups in total. The molecule has 2 aromatic rings. The second-order valence-electron chi connectivity index (χ2n) is 5.37. The molecule has 0 aliphatic rings. The van der Waals surface area contributed by atoms with E-state index in [-0.39, 0.29) is 30.2 Å². The van der Waals surface area contributed by atoms with Crippen molar-refractivity contribution in [1.29, 1.82) is 0 Å². The zero-order valence-electron chi connectivity index (χ0n) is 13.3. The zero-order chi connectivity index (χ0) is 17.0. The monoisotopic (exact) mass is 318 g/mol. The molecule has 0 unspecified atom stereocenters. The summed E-state index contributed by atoms with van der Waals surface area (Å²) < 4.78 is 18.4. The zero-order valence-corrected chi connectivity index (χ0v) is 13.3. The Bertz CT molecular complexity index is 784. The third-order valence-corrected chi connectivity index (χ3v) is 3.54. The standard InChI is InChI=1S/C17H19FN2O3/c1-10-6-11(2)20-17(22)13(10)9-19-16(21)8-12-4-5-15(23-3)14(18)7-12/h4-7H,8-9H2,1-3H3,(H,19,21)(H,20,22). The molecule has 0 fully saturated rings. The van der Waals surface area contributed by atoms with Gasteiger partial charge in [-0.1, -0.05) is 6.07 Å². The van der Waals surface area contributed by atoms with Gasteiger partial charge in [-0.25, -0.2) is 4.39 Å². The van der Waals surface area contributed by atoms with Crippen molar-refractivity contribution < 1.29 is 13.9 Å². The van der Waals surface area contributed by atoms with Crippen molar-refractivity contribution in [3.8, 4) is 5.75 Å². The van der Waals surface area contributed by atoms with Crippen LogP contribution in [0.25, 0.3) is 0 Å². The van der Waals surface area contributed by atoms with Crippen LogP contribution in [0.3, 0.4) is 0 Å². The lowest BCUT2D eigenvalue weighted by Crippen LogP contribution is -2.29. The molecule has 0 radical (unpaired) electrons. The van der Waals surface area contributed by atoms with E-state index in [9.17, 15) is 14.0 Å². The third-order valence-electron chi connectivity index (χ3n) is 3.54. The first-order valence-corrected chi connectivity index (χ1v) is 7.19. The third kappa shape index (κ3) is 4.18. The summed E-state index contributed by atoms with van der Waals surface area (Å²) in [6, 6.07) is 6.22. The predicted octanol–water partition coefficient (Wildman–Crippen LogP) is 2.00. The number of hydrogen-bond acceptors (Lipinski definition) is 3. The smallest absolute Gasteiger partial charge is 0.253 e. The Morgan fingerprint density at radius 1 is 1.30 bits per heavy atom. The second-order valence-corrected chi connectivity index (χ2v) is 5.37. The van der Waals surface area contributed by atoms with E-state index in [0.29, 0.717) is 11.1 Å². The van der Waals surface area contributed by atoms with Crippen LogP contribution in [0, 0.1) is 19.7 Å². The van der Waals surface area contributed by atoms with Gasteiger partial charge in [-0.2, -0.15) is 0 Å². The molecule has 122 valence electrons. The van der Waals surface area contributed by atoms with Gasteiger partial charge in [0.25, 0.3) is 5.56 Å². The first kappa shape index (κ1) is 16.7. The SMILES string of the molecule is COc1ccc(CC(=O)NCc2c(C)cc(C)[nH]c2=O)cc1F. The van der Waals surface area contributed by atoms with E-state index in [0.717, 1.165) is 11.3 Å². The van der Waals surface area contributed by atoms with Crippen LogP contribution in [-0.2, 0) is 17.8 Å².